The third-order valence-electron chi connectivity index (χ3n) is 6.34. The molecule has 0 saturated heterocycles. The van der Waals surface area contributed by atoms with Crippen LogP contribution in [0.5, 0.6) is 0 Å². The summed E-state index contributed by atoms with van der Waals surface area (Å²) in [6.07, 6.45) is 1.85. The number of ketones is 1. The van der Waals surface area contributed by atoms with E-state index in [-0.39, 0.29) is 21.7 Å². The maximum absolute atomic E-state index is 13.2. The first-order chi connectivity index (χ1) is 19.7. The highest BCUT2D eigenvalue weighted by molar-refractivity contribution is 6.33. The molecular formula is C29H19Cl2N3O7. The number of nitro groups is 1. The van der Waals surface area contributed by atoms with E-state index in [4.69, 9.17) is 32.4 Å². The zero-order chi connectivity index (χ0) is 29.1. The van der Waals surface area contributed by atoms with E-state index in [1.54, 1.807) is 36.4 Å². The summed E-state index contributed by atoms with van der Waals surface area (Å²) in [6.45, 7) is -0.664. The van der Waals surface area contributed by atoms with Crippen LogP contribution in [0.4, 0.5) is 5.69 Å². The van der Waals surface area contributed by atoms with Gasteiger partial charge < -0.3 is 9.15 Å². The van der Waals surface area contributed by atoms with Crippen LogP contribution in [-0.4, -0.2) is 39.9 Å². The summed E-state index contributed by atoms with van der Waals surface area (Å²) in [5.74, 6) is -1.69. The first kappa shape index (κ1) is 27.8. The van der Waals surface area contributed by atoms with Gasteiger partial charge in [0.2, 0.25) is 0 Å². The summed E-state index contributed by atoms with van der Waals surface area (Å²) in [7, 11) is 0. The number of hydrogen-bond donors (Lipinski definition) is 0. The molecule has 0 N–H and O–H groups in total. The van der Waals surface area contributed by atoms with Crippen LogP contribution in [0.2, 0.25) is 10.0 Å². The molecule has 0 radical (unpaired) electrons. The van der Waals surface area contributed by atoms with Crippen LogP contribution in [-0.2, 0) is 9.53 Å². The number of hydrogen-bond acceptors (Lipinski definition) is 8. The minimum absolute atomic E-state index is 0.0418. The molecule has 0 saturated carbocycles. The lowest BCUT2D eigenvalue weighted by Gasteiger charge is -2.19. The van der Waals surface area contributed by atoms with E-state index in [9.17, 15) is 24.5 Å². The molecular weight excluding hydrogens is 573 g/mol. The van der Waals surface area contributed by atoms with Gasteiger partial charge in [-0.15, -0.1) is 0 Å². The molecule has 1 aromatic heterocycles. The average Bonchev–Trinajstić information content (AvgIpc) is 3.67. The Morgan fingerprint density at radius 3 is 2.41 bits per heavy atom. The SMILES string of the molecule is O=C(OCC(=O)N1N=C(c2ccc(Cl)cc2)CC1c1ccco1)c1ccccc1C(=O)c1ccc(Cl)c([N+](=O)[O-])c1. The zero-order valence-electron chi connectivity index (χ0n) is 21.0. The minimum atomic E-state index is -0.929. The highest BCUT2D eigenvalue weighted by Crippen LogP contribution is 2.33. The highest BCUT2D eigenvalue weighted by atomic mass is 35.5. The van der Waals surface area contributed by atoms with Crippen LogP contribution in [0.15, 0.2) is 94.6 Å². The van der Waals surface area contributed by atoms with Crippen molar-refractivity contribution < 1.29 is 28.5 Å². The molecule has 1 unspecified atom stereocenters. The van der Waals surface area contributed by atoms with Crippen molar-refractivity contribution in [3.05, 3.63) is 133 Å². The lowest BCUT2D eigenvalue weighted by molar-refractivity contribution is -0.384. The van der Waals surface area contributed by atoms with E-state index in [1.165, 1.54) is 47.7 Å². The number of halogens is 2. The number of nitrogens with zero attached hydrogens (tertiary/aromatic N) is 3. The van der Waals surface area contributed by atoms with Crippen LogP contribution in [0.25, 0.3) is 0 Å². The predicted octanol–water partition coefficient (Wildman–Crippen LogP) is 6.26. The van der Waals surface area contributed by atoms with E-state index >= 15 is 0 Å². The third kappa shape index (κ3) is 5.88. The number of benzene rings is 3. The maximum Gasteiger partial charge on any atom is 0.339 e. The second kappa shape index (κ2) is 11.7. The van der Waals surface area contributed by atoms with E-state index in [0.29, 0.717) is 22.9 Å². The highest BCUT2D eigenvalue weighted by Gasteiger charge is 2.35. The second-order valence-electron chi connectivity index (χ2n) is 8.90. The second-order valence-corrected chi connectivity index (χ2v) is 9.75. The molecule has 3 aromatic carbocycles. The van der Waals surface area contributed by atoms with Crippen molar-refractivity contribution in [1.29, 1.82) is 0 Å². The predicted molar refractivity (Wildman–Crippen MR) is 149 cm³/mol. The molecule has 1 amide bonds. The Kier molecular flexibility index (Phi) is 7.95. The first-order valence-corrected chi connectivity index (χ1v) is 12.9. The molecule has 0 spiro atoms. The van der Waals surface area contributed by atoms with Gasteiger partial charge in [-0.3, -0.25) is 19.7 Å². The Balaban J connectivity index is 1.35. The van der Waals surface area contributed by atoms with Crippen molar-refractivity contribution in [1.82, 2.24) is 5.01 Å². The van der Waals surface area contributed by atoms with Gasteiger partial charge >= 0.3 is 5.97 Å². The van der Waals surface area contributed by atoms with Crippen molar-refractivity contribution in [2.45, 2.75) is 12.5 Å². The molecule has 2 heterocycles. The molecule has 4 aromatic rings. The van der Waals surface area contributed by atoms with Gasteiger partial charge in [0.25, 0.3) is 11.6 Å². The molecule has 1 atom stereocenters. The van der Waals surface area contributed by atoms with E-state index in [2.05, 4.69) is 5.10 Å². The van der Waals surface area contributed by atoms with Gasteiger partial charge in [0, 0.05) is 28.6 Å². The molecule has 0 bridgehead atoms. The molecule has 0 aliphatic carbocycles. The van der Waals surface area contributed by atoms with Gasteiger partial charge in [0.05, 0.1) is 22.5 Å². The largest absolute Gasteiger partial charge is 0.467 e. The maximum atomic E-state index is 13.2. The molecule has 12 heteroatoms. The molecule has 206 valence electrons. The van der Waals surface area contributed by atoms with Gasteiger partial charge in [-0.1, -0.05) is 53.5 Å². The quantitative estimate of drug-likeness (QED) is 0.102. The fourth-order valence-corrected chi connectivity index (χ4v) is 4.65. The van der Waals surface area contributed by atoms with Crippen LogP contribution in [0, 0.1) is 10.1 Å². The van der Waals surface area contributed by atoms with Gasteiger partial charge in [0.1, 0.15) is 16.8 Å². The summed E-state index contributed by atoms with van der Waals surface area (Å²) in [5, 5.41) is 17.4. The lowest BCUT2D eigenvalue weighted by atomic mass is 9.98. The first-order valence-electron chi connectivity index (χ1n) is 12.2. The van der Waals surface area contributed by atoms with Gasteiger partial charge in [0.15, 0.2) is 12.4 Å². The van der Waals surface area contributed by atoms with Crippen molar-refractivity contribution in [2.24, 2.45) is 5.10 Å². The Bertz CT molecular complexity index is 1680. The van der Waals surface area contributed by atoms with Crippen molar-refractivity contribution >= 4 is 52.3 Å². The molecule has 10 nitrogen and oxygen atoms in total. The van der Waals surface area contributed by atoms with Crippen LogP contribution in [0.1, 0.15) is 50.1 Å². The normalized spacial score (nSPS) is 14.4. The summed E-state index contributed by atoms with van der Waals surface area (Å²) in [5.41, 5.74) is 0.735. The number of carbonyl (C=O) groups excluding carboxylic acids is 3. The Morgan fingerprint density at radius 2 is 1.73 bits per heavy atom. The van der Waals surface area contributed by atoms with Crippen LogP contribution < -0.4 is 0 Å². The Morgan fingerprint density at radius 1 is 1.00 bits per heavy atom. The number of furan rings is 1. The van der Waals surface area contributed by atoms with Gasteiger partial charge in [-0.25, -0.2) is 9.80 Å². The van der Waals surface area contributed by atoms with Crippen LogP contribution >= 0.6 is 23.2 Å². The summed E-state index contributed by atoms with van der Waals surface area (Å²) >= 11 is 11.9. The summed E-state index contributed by atoms with van der Waals surface area (Å²) < 4.78 is 10.8. The molecule has 1 aliphatic rings. The summed E-state index contributed by atoms with van der Waals surface area (Å²) in [6, 6.07) is 19.3. The number of hydrazone groups is 1. The number of rotatable bonds is 8. The molecule has 1 aliphatic heterocycles. The zero-order valence-corrected chi connectivity index (χ0v) is 22.5. The van der Waals surface area contributed by atoms with E-state index in [1.807, 2.05) is 0 Å². The molecule has 5 rings (SSSR count). The van der Waals surface area contributed by atoms with Gasteiger partial charge in [-0.05, 0) is 48.0 Å². The smallest absolute Gasteiger partial charge is 0.339 e. The fraction of sp³-hybridized carbons (Fsp3) is 0.103. The van der Waals surface area contributed by atoms with Crippen molar-refractivity contribution in [2.75, 3.05) is 6.61 Å². The average molecular weight is 592 g/mol. The number of nitro benzene ring substituents is 1. The fourth-order valence-electron chi connectivity index (χ4n) is 4.34. The Labute approximate surface area is 242 Å². The van der Waals surface area contributed by atoms with Crippen molar-refractivity contribution in [3.8, 4) is 0 Å². The standard InChI is InChI=1S/C29H19Cl2N3O7/c30-19-10-7-17(8-11-19)23-15-25(26-6-3-13-40-26)33(32-23)27(35)16-41-29(37)21-5-2-1-4-20(21)28(36)18-9-12-22(31)24(14-18)34(38)39/h1-14,25H,15-16H2. The lowest BCUT2D eigenvalue weighted by Crippen LogP contribution is -2.31. The summed E-state index contributed by atoms with van der Waals surface area (Å²) in [4.78, 5) is 50.0. The number of carbonyl (C=O) groups is 3. The van der Waals surface area contributed by atoms with Crippen LogP contribution in [0.3, 0.4) is 0 Å². The van der Waals surface area contributed by atoms with E-state index < -0.39 is 40.9 Å². The topological polar surface area (TPSA) is 132 Å². The number of esters is 1. The number of ether oxygens (including phenoxy) is 1. The van der Waals surface area contributed by atoms with Crippen molar-refractivity contribution in [3.63, 3.8) is 0 Å². The minimum Gasteiger partial charge on any atom is -0.467 e. The Hall–Kier alpha value is -4.80. The number of amides is 1. The molecule has 41 heavy (non-hydrogen) atoms. The monoisotopic (exact) mass is 591 g/mol. The molecule has 0 fully saturated rings. The third-order valence-corrected chi connectivity index (χ3v) is 6.91. The van der Waals surface area contributed by atoms with E-state index in [0.717, 1.165) is 11.6 Å². The van der Waals surface area contributed by atoms with Gasteiger partial charge in [-0.2, -0.15) is 5.10 Å².